The molecule has 78 valence electrons. The second-order valence-electron chi connectivity index (χ2n) is 4.18. The second kappa shape index (κ2) is 4.13. The first-order valence-electron chi connectivity index (χ1n) is 5.51. The maximum absolute atomic E-state index is 4.16. The molecule has 1 N–H and O–H groups in total. The van der Waals surface area contributed by atoms with Crippen LogP contribution in [0, 0.1) is 5.92 Å². The second-order valence-corrected chi connectivity index (χ2v) is 4.18. The van der Waals surface area contributed by atoms with Crippen LogP contribution in [0.25, 0.3) is 0 Å². The summed E-state index contributed by atoms with van der Waals surface area (Å²) in [5, 5.41) is 7.77. The Morgan fingerprint density at radius 2 is 2.43 bits per heavy atom. The van der Waals surface area contributed by atoms with Gasteiger partial charge in [-0.05, 0) is 31.2 Å². The number of aryl methyl sites for hydroxylation is 1. The molecular formula is C11H19N3. The van der Waals surface area contributed by atoms with E-state index in [-0.39, 0.29) is 0 Å². The van der Waals surface area contributed by atoms with Gasteiger partial charge in [0.25, 0.3) is 0 Å². The smallest absolute Gasteiger partial charge is 0.0518 e. The molecule has 1 aliphatic carbocycles. The predicted molar refractivity (Wildman–Crippen MR) is 56.9 cm³/mol. The van der Waals surface area contributed by atoms with E-state index in [9.17, 15) is 0 Å². The van der Waals surface area contributed by atoms with Crippen molar-refractivity contribution < 1.29 is 0 Å². The Morgan fingerprint density at radius 3 is 2.93 bits per heavy atom. The van der Waals surface area contributed by atoms with Crippen molar-refractivity contribution in [2.75, 3.05) is 0 Å². The lowest BCUT2D eigenvalue weighted by molar-refractivity contribution is 0.440. The molecule has 0 amide bonds. The SMILES string of the molecule is CCC(NCc1ccnn1C)C1CC1. The monoisotopic (exact) mass is 193 g/mol. The van der Waals surface area contributed by atoms with Gasteiger partial charge in [-0.2, -0.15) is 5.10 Å². The highest BCUT2D eigenvalue weighted by molar-refractivity contribution is 5.00. The highest BCUT2D eigenvalue weighted by atomic mass is 15.3. The van der Waals surface area contributed by atoms with E-state index in [2.05, 4.69) is 23.4 Å². The minimum absolute atomic E-state index is 0.713. The van der Waals surface area contributed by atoms with E-state index in [1.54, 1.807) is 0 Å². The fraction of sp³-hybridized carbons (Fsp3) is 0.727. The lowest BCUT2D eigenvalue weighted by Crippen LogP contribution is -2.30. The van der Waals surface area contributed by atoms with Crippen LogP contribution in [0.5, 0.6) is 0 Å². The van der Waals surface area contributed by atoms with Crippen molar-refractivity contribution in [1.82, 2.24) is 15.1 Å². The van der Waals surface area contributed by atoms with Gasteiger partial charge in [-0.25, -0.2) is 0 Å². The minimum atomic E-state index is 0.713. The van der Waals surface area contributed by atoms with Crippen molar-refractivity contribution in [3.05, 3.63) is 18.0 Å². The van der Waals surface area contributed by atoms with Crippen molar-refractivity contribution >= 4 is 0 Å². The van der Waals surface area contributed by atoms with Crippen molar-refractivity contribution in [3.8, 4) is 0 Å². The highest BCUT2D eigenvalue weighted by Crippen LogP contribution is 2.33. The molecule has 0 aliphatic heterocycles. The van der Waals surface area contributed by atoms with Gasteiger partial charge in [0.2, 0.25) is 0 Å². The van der Waals surface area contributed by atoms with E-state index in [4.69, 9.17) is 0 Å². The van der Waals surface area contributed by atoms with Gasteiger partial charge in [0.05, 0.1) is 5.69 Å². The van der Waals surface area contributed by atoms with Crippen molar-refractivity contribution in [3.63, 3.8) is 0 Å². The van der Waals surface area contributed by atoms with Crippen LogP contribution in [-0.2, 0) is 13.6 Å². The number of nitrogens with one attached hydrogen (secondary N) is 1. The summed E-state index contributed by atoms with van der Waals surface area (Å²) >= 11 is 0. The number of hydrogen-bond donors (Lipinski definition) is 1. The standard InChI is InChI=1S/C11H19N3/c1-3-11(9-4-5-9)12-8-10-6-7-13-14(10)2/h6-7,9,11-12H,3-5,8H2,1-2H3. The maximum Gasteiger partial charge on any atom is 0.0518 e. The predicted octanol–water partition coefficient (Wildman–Crippen LogP) is 1.70. The van der Waals surface area contributed by atoms with Crippen LogP contribution >= 0.6 is 0 Å². The first-order valence-corrected chi connectivity index (χ1v) is 5.51. The molecule has 0 radical (unpaired) electrons. The van der Waals surface area contributed by atoms with Crippen LogP contribution in [0.2, 0.25) is 0 Å². The topological polar surface area (TPSA) is 29.9 Å². The largest absolute Gasteiger partial charge is 0.308 e. The third-order valence-corrected chi connectivity index (χ3v) is 3.10. The fourth-order valence-corrected chi connectivity index (χ4v) is 1.95. The van der Waals surface area contributed by atoms with Gasteiger partial charge < -0.3 is 5.32 Å². The third kappa shape index (κ3) is 2.15. The lowest BCUT2D eigenvalue weighted by atomic mass is 10.1. The zero-order valence-corrected chi connectivity index (χ0v) is 9.03. The van der Waals surface area contributed by atoms with Crippen LogP contribution in [0.4, 0.5) is 0 Å². The molecule has 1 heterocycles. The molecule has 2 rings (SSSR count). The fourth-order valence-electron chi connectivity index (χ4n) is 1.95. The van der Waals surface area contributed by atoms with Gasteiger partial charge in [-0.3, -0.25) is 4.68 Å². The molecule has 0 aromatic carbocycles. The molecule has 1 aromatic heterocycles. The van der Waals surface area contributed by atoms with Crippen molar-refractivity contribution in [2.45, 2.75) is 38.8 Å². The molecule has 1 aliphatic rings. The highest BCUT2D eigenvalue weighted by Gasteiger charge is 2.29. The first-order chi connectivity index (χ1) is 6.81. The van der Waals surface area contributed by atoms with Gasteiger partial charge in [0.1, 0.15) is 0 Å². The molecule has 0 saturated heterocycles. The van der Waals surface area contributed by atoms with E-state index >= 15 is 0 Å². The molecule has 1 atom stereocenters. The molecule has 0 spiro atoms. The lowest BCUT2D eigenvalue weighted by Gasteiger charge is -2.15. The van der Waals surface area contributed by atoms with E-state index in [0.29, 0.717) is 6.04 Å². The summed E-state index contributed by atoms with van der Waals surface area (Å²) in [5.74, 6) is 0.938. The Labute approximate surface area is 85.5 Å². The summed E-state index contributed by atoms with van der Waals surface area (Å²) in [7, 11) is 2.00. The molecule has 3 heteroatoms. The van der Waals surface area contributed by atoms with Gasteiger partial charge in [0, 0.05) is 25.8 Å². The van der Waals surface area contributed by atoms with Crippen LogP contribution in [0.1, 0.15) is 31.9 Å². The molecule has 0 bridgehead atoms. The zero-order valence-electron chi connectivity index (χ0n) is 9.03. The summed E-state index contributed by atoms with van der Waals surface area (Å²) in [6, 6.07) is 2.79. The third-order valence-electron chi connectivity index (χ3n) is 3.10. The Bertz CT molecular complexity index is 288. The molecule has 1 fully saturated rings. The zero-order chi connectivity index (χ0) is 9.97. The number of rotatable bonds is 5. The number of hydrogen-bond acceptors (Lipinski definition) is 2. The minimum Gasteiger partial charge on any atom is -0.308 e. The van der Waals surface area contributed by atoms with Gasteiger partial charge >= 0.3 is 0 Å². The van der Waals surface area contributed by atoms with E-state index in [0.717, 1.165) is 12.5 Å². The summed E-state index contributed by atoms with van der Waals surface area (Å²) in [6.07, 6.45) is 5.92. The Balaban J connectivity index is 1.83. The molecule has 1 unspecified atom stereocenters. The Morgan fingerprint density at radius 1 is 1.64 bits per heavy atom. The van der Waals surface area contributed by atoms with Crippen LogP contribution in [0.15, 0.2) is 12.3 Å². The van der Waals surface area contributed by atoms with Gasteiger partial charge in [-0.15, -0.1) is 0 Å². The van der Waals surface area contributed by atoms with Crippen molar-refractivity contribution in [2.24, 2.45) is 13.0 Å². The molecule has 1 saturated carbocycles. The normalized spacial score (nSPS) is 18.4. The summed E-state index contributed by atoms with van der Waals surface area (Å²) in [5.41, 5.74) is 1.27. The molecule has 14 heavy (non-hydrogen) atoms. The van der Waals surface area contributed by atoms with E-state index < -0.39 is 0 Å². The first kappa shape index (κ1) is 9.71. The Kier molecular flexibility index (Phi) is 2.87. The average Bonchev–Trinajstić information content (AvgIpc) is 2.93. The summed E-state index contributed by atoms with van der Waals surface area (Å²) < 4.78 is 1.94. The summed E-state index contributed by atoms with van der Waals surface area (Å²) in [6.45, 7) is 3.21. The summed E-state index contributed by atoms with van der Waals surface area (Å²) in [4.78, 5) is 0. The van der Waals surface area contributed by atoms with Crippen molar-refractivity contribution in [1.29, 1.82) is 0 Å². The van der Waals surface area contributed by atoms with Crippen LogP contribution in [-0.4, -0.2) is 15.8 Å². The van der Waals surface area contributed by atoms with Gasteiger partial charge in [-0.1, -0.05) is 6.92 Å². The van der Waals surface area contributed by atoms with Crippen LogP contribution < -0.4 is 5.32 Å². The molecular weight excluding hydrogens is 174 g/mol. The Hall–Kier alpha value is -0.830. The van der Waals surface area contributed by atoms with Crippen LogP contribution in [0.3, 0.4) is 0 Å². The van der Waals surface area contributed by atoms with Gasteiger partial charge in [0.15, 0.2) is 0 Å². The quantitative estimate of drug-likeness (QED) is 0.771. The number of nitrogens with zero attached hydrogens (tertiary/aromatic N) is 2. The van der Waals surface area contributed by atoms with E-state index in [1.807, 2.05) is 17.9 Å². The average molecular weight is 193 g/mol. The number of aromatic nitrogens is 2. The maximum atomic E-state index is 4.16. The molecule has 3 nitrogen and oxygen atoms in total. The molecule has 1 aromatic rings. The van der Waals surface area contributed by atoms with E-state index in [1.165, 1.54) is 25.0 Å².